The number of aliphatic hydroxyl groups excluding tert-OH is 1. The lowest BCUT2D eigenvalue weighted by Crippen LogP contribution is -2.48. The van der Waals surface area contributed by atoms with Crippen molar-refractivity contribution in [3.8, 4) is 5.69 Å². The molecule has 10 heteroatoms. The van der Waals surface area contributed by atoms with Crippen molar-refractivity contribution in [2.24, 2.45) is 0 Å². The number of aliphatic hydroxyl groups is 1. The molecule has 3 atom stereocenters. The first-order chi connectivity index (χ1) is 16.4. The van der Waals surface area contributed by atoms with Crippen LogP contribution in [-0.2, 0) is 9.53 Å². The Kier molecular flexibility index (Phi) is 7.28. The topological polar surface area (TPSA) is 95.8 Å². The zero-order chi connectivity index (χ0) is 24.2. The van der Waals surface area contributed by atoms with Crippen molar-refractivity contribution >= 4 is 28.9 Å². The molecular weight excluding hydrogens is 463 g/mol. The highest BCUT2D eigenvalue weighted by atomic mass is 35.5. The Morgan fingerprint density at radius 1 is 1.21 bits per heavy atom. The molecule has 1 aliphatic rings. The van der Waals surface area contributed by atoms with Gasteiger partial charge in [-0.05, 0) is 48.9 Å². The van der Waals surface area contributed by atoms with Gasteiger partial charge in [-0.2, -0.15) is 0 Å². The number of methoxy groups -OCH3 is 1. The molecule has 1 saturated heterocycles. The Bertz CT molecular complexity index is 1220. The molecule has 4 rings (SSSR count). The van der Waals surface area contributed by atoms with Gasteiger partial charge in [0, 0.05) is 42.7 Å². The van der Waals surface area contributed by atoms with Crippen molar-refractivity contribution in [1.82, 2.24) is 9.47 Å². The van der Waals surface area contributed by atoms with Crippen LogP contribution >= 0.6 is 11.6 Å². The minimum atomic E-state index is -1.19. The van der Waals surface area contributed by atoms with E-state index in [1.807, 2.05) is 0 Å². The average molecular weight is 487 g/mol. The van der Waals surface area contributed by atoms with E-state index in [1.165, 1.54) is 36.1 Å². The molecule has 0 aliphatic carbocycles. The molecule has 0 radical (unpaired) electrons. The highest BCUT2D eigenvalue weighted by Gasteiger charge is 2.40. The molecule has 2 heterocycles. The Morgan fingerprint density at radius 3 is 2.65 bits per heavy atom. The molecule has 2 aromatic carbocycles. The summed E-state index contributed by atoms with van der Waals surface area (Å²) in [4.78, 5) is 26.6. The molecule has 8 nitrogen and oxygen atoms in total. The number of nitrogens with one attached hydrogen (secondary N) is 2. The van der Waals surface area contributed by atoms with E-state index >= 15 is 0 Å². The summed E-state index contributed by atoms with van der Waals surface area (Å²) in [6, 6.07) is 14.8. The number of hydrogen-bond acceptors (Lipinski definition) is 6. The molecule has 1 aromatic heterocycles. The highest BCUT2D eigenvalue weighted by Crippen LogP contribution is 2.26. The average Bonchev–Trinajstić information content (AvgIpc) is 3.27. The SMILES string of the molecule is CO[C@H]1C[C@@H](C(=O)Nc2ccc(-n3ccccc3=O)cc2F)N(C(O)Nc2ccc(Cl)cc2)C1. The summed E-state index contributed by atoms with van der Waals surface area (Å²) in [6.07, 6.45) is 0.385. The molecule has 34 heavy (non-hydrogen) atoms. The van der Waals surface area contributed by atoms with Crippen LogP contribution in [-0.4, -0.2) is 52.6 Å². The maximum Gasteiger partial charge on any atom is 0.255 e. The maximum absolute atomic E-state index is 14.8. The molecule has 178 valence electrons. The number of benzene rings is 2. The molecule has 3 aromatic rings. The van der Waals surface area contributed by atoms with Gasteiger partial charge in [-0.15, -0.1) is 0 Å². The third-order valence-corrected chi connectivity index (χ3v) is 5.95. The fourth-order valence-corrected chi connectivity index (χ4v) is 4.04. The number of carbonyl (C=O) groups excluding carboxylic acids is 1. The summed E-state index contributed by atoms with van der Waals surface area (Å²) in [7, 11) is 1.53. The van der Waals surface area contributed by atoms with Crippen LogP contribution in [0.3, 0.4) is 0 Å². The first-order valence-corrected chi connectivity index (χ1v) is 11.0. The summed E-state index contributed by atoms with van der Waals surface area (Å²) in [6.45, 7) is 0.300. The predicted octanol–water partition coefficient (Wildman–Crippen LogP) is 3.05. The molecule has 1 amide bonds. The lowest BCUT2D eigenvalue weighted by Gasteiger charge is -2.29. The maximum atomic E-state index is 14.8. The first kappa shape index (κ1) is 23.9. The largest absolute Gasteiger partial charge is 0.380 e. The van der Waals surface area contributed by atoms with Crippen molar-refractivity contribution in [2.75, 3.05) is 24.3 Å². The summed E-state index contributed by atoms with van der Waals surface area (Å²) in [5.74, 6) is -1.17. The highest BCUT2D eigenvalue weighted by molar-refractivity contribution is 6.30. The minimum Gasteiger partial charge on any atom is -0.380 e. The first-order valence-electron chi connectivity index (χ1n) is 10.6. The van der Waals surface area contributed by atoms with Crippen molar-refractivity contribution in [3.63, 3.8) is 0 Å². The van der Waals surface area contributed by atoms with E-state index in [2.05, 4.69) is 10.6 Å². The van der Waals surface area contributed by atoms with Crippen LogP contribution in [0.25, 0.3) is 5.69 Å². The van der Waals surface area contributed by atoms with Gasteiger partial charge in [-0.3, -0.25) is 14.2 Å². The molecule has 0 bridgehead atoms. The molecule has 1 unspecified atom stereocenters. The minimum absolute atomic E-state index is 0.0290. The van der Waals surface area contributed by atoms with Gasteiger partial charge in [-0.25, -0.2) is 9.29 Å². The Hall–Kier alpha value is -3.24. The van der Waals surface area contributed by atoms with Gasteiger partial charge in [-0.1, -0.05) is 17.7 Å². The van der Waals surface area contributed by atoms with E-state index in [4.69, 9.17) is 16.3 Å². The van der Waals surface area contributed by atoms with Gasteiger partial charge in [0.05, 0.1) is 23.5 Å². The zero-order valence-electron chi connectivity index (χ0n) is 18.3. The smallest absolute Gasteiger partial charge is 0.255 e. The normalized spacial score (nSPS) is 19.1. The number of pyridine rings is 1. The molecular formula is C24H24ClFN4O4. The number of nitrogens with zero attached hydrogens (tertiary/aromatic N) is 2. The molecule has 1 aliphatic heterocycles. The standard InChI is InChI=1S/C24H24ClFN4O4/c1-34-18-13-21(30(14-18)24(33)27-16-7-5-15(25)6-8-16)23(32)28-20-10-9-17(12-19(20)26)29-11-3-2-4-22(29)31/h2-12,18,21,24,27,33H,13-14H2,1H3,(H,28,32)/t18-,21-,24?/m0/s1. The van der Waals surface area contributed by atoms with Gasteiger partial charge in [0.15, 0.2) is 6.35 Å². The van der Waals surface area contributed by atoms with E-state index in [9.17, 15) is 19.1 Å². The second kappa shape index (κ2) is 10.4. The molecule has 3 N–H and O–H groups in total. The van der Waals surface area contributed by atoms with Crippen LogP contribution in [0, 0.1) is 5.82 Å². The van der Waals surface area contributed by atoms with Gasteiger partial charge in [0.25, 0.3) is 5.56 Å². The summed E-state index contributed by atoms with van der Waals surface area (Å²) < 4.78 is 21.5. The summed E-state index contributed by atoms with van der Waals surface area (Å²) >= 11 is 5.90. The van der Waals surface area contributed by atoms with Crippen LogP contribution < -0.4 is 16.2 Å². The summed E-state index contributed by atoms with van der Waals surface area (Å²) in [5, 5.41) is 16.8. The number of carbonyl (C=O) groups is 1. The van der Waals surface area contributed by atoms with Crippen LogP contribution in [0.4, 0.5) is 15.8 Å². The van der Waals surface area contributed by atoms with Crippen LogP contribution in [0.2, 0.25) is 5.02 Å². The number of hydrogen-bond donors (Lipinski definition) is 3. The second-order valence-electron chi connectivity index (χ2n) is 7.89. The predicted molar refractivity (Wildman–Crippen MR) is 128 cm³/mol. The lowest BCUT2D eigenvalue weighted by molar-refractivity contribution is -0.123. The number of rotatable bonds is 7. The lowest BCUT2D eigenvalue weighted by atomic mass is 10.1. The molecule has 1 fully saturated rings. The van der Waals surface area contributed by atoms with E-state index in [0.29, 0.717) is 29.4 Å². The Labute approximate surface area is 200 Å². The Morgan fingerprint density at radius 2 is 1.97 bits per heavy atom. The third-order valence-electron chi connectivity index (χ3n) is 5.70. The number of ether oxygens (including phenoxy) is 1. The van der Waals surface area contributed by atoms with Gasteiger partial charge >= 0.3 is 0 Å². The van der Waals surface area contributed by atoms with Gasteiger partial charge in [0.2, 0.25) is 5.91 Å². The second-order valence-corrected chi connectivity index (χ2v) is 8.33. The number of halogens is 2. The van der Waals surface area contributed by atoms with Crippen molar-refractivity contribution in [2.45, 2.75) is 24.9 Å². The molecule has 0 saturated carbocycles. The fraction of sp³-hybridized carbons (Fsp3) is 0.250. The third kappa shape index (κ3) is 5.28. The number of aromatic nitrogens is 1. The fourth-order valence-electron chi connectivity index (χ4n) is 3.91. The number of likely N-dealkylation sites (tertiary alicyclic amines) is 1. The van der Waals surface area contributed by atoms with Gasteiger partial charge < -0.3 is 20.5 Å². The monoisotopic (exact) mass is 486 g/mol. The van der Waals surface area contributed by atoms with E-state index in [-0.39, 0.29) is 17.4 Å². The number of amides is 1. The van der Waals surface area contributed by atoms with Crippen molar-refractivity contribution < 1.29 is 19.0 Å². The Balaban J connectivity index is 1.49. The van der Waals surface area contributed by atoms with E-state index in [0.717, 1.165) is 0 Å². The zero-order valence-corrected chi connectivity index (χ0v) is 19.1. The molecule has 0 spiro atoms. The van der Waals surface area contributed by atoms with Crippen LogP contribution in [0.1, 0.15) is 6.42 Å². The van der Waals surface area contributed by atoms with Gasteiger partial charge in [0.1, 0.15) is 5.82 Å². The van der Waals surface area contributed by atoms with E-state index in [1.54, 1.807) is 47.4 Å². The quantitative estimate of drug-likeness (QED) is 0.444. The van der Waals surface area contributed by atoms with Crippen LogP contribution in [0.15, 0.2) is 71.7 Å². The van der Waals surface area contributed by atoms with E-state index < -0.39 is 24.1 Å². The van der Waals surface area contributed by atoms with Crippen molar-refractivity contribution in [3.05, 3.63) is 88.1 Å². The summed E-state index contributed by atoms with van der Waals surface area (Å²) in [5.41, 5.74) is 0.632. The van der Waals surface area contributed by atoms with Crippen LogP contribution in [0.5, 0.6) is 0 Å². The number of anilines is 2. The van der Waals surface area contributed by atoms with Crippen molar-refractivity contribution in [1.29, 1.82) is 0 Å².